The van der Waals surface area contributed by atoms with E-state index in [4.69, 9.17) is 4.74 Å². The van der Waals surface area contributed by atoms with Gasteiger partial charge in [0.1, 0.15) is 0 Å². The Bertz CT molecular complexity index is 278. The third-order valence-corrected chi connectivity index (χ3v) is 5.87. The van der Waals surface area contributed by atoms with E-state index in [1.807, 2.05) is 0 Å². The third kappa shape index (κ3) is 1.84. The number of hydrogen-bond donors (Lipinski definition) is 1. The molecule has 0 aromatic rings. The number of aliphatic hydroxyl groups excluding tert-OH is 1. The van der Waals surface area contributed by atoms with E-state index in [0.29, 0.717) is 36.6 Å². The summed E-state index contributed by atoms with van der Waals surface area (Å²) in [6.07, 6.45) is 7.65. The van der Waals surface area contributed by atoms with Crippen molar-refractivity contribution < 1.29 is 9.84 Å². The second-order valence-electron chi connectivity index (χ2n) is 6.58. The number of hydrogen-bond acceptors (Lipinski definition) is 2. The second-order valence-corrected chi connectivity index (χ2v) is 6.58. The first-order valence-corrected chi connectivity index (χ1v) is 7.48. The summed E-state index contributed by atoms with van der Waals surface area (Å²) in [7, 11) is 0. The van der Waals surface area contributed by atoms with Crippen molar-refractivity contribution in [2.75, 3.05) is 6.61 Å². The fourth-order valence-electron chi connectivity index (χ4n) is 5.19. The largest absolute Gasteiger partial charge is 0.396 e. The molecule has 0 spiro atoms. The average molecular weight is 238 g/mol. The molecule has 2 aliphatic carbocycles. The monoisotopic (exact) mass is 238 g/mol. The number of rotatable bonds is 1. The Morgan fingerprint density at radius 3 is 2.59 bits per heavy atom. The second kappa shape index (κ2) is 4.55. The van der Waals surface area contributed by atoms with Crippen LogP contribution < -0.4 is 0 Å². The van der Waals surface area contributed by atoms with E-state index in [1.54, 1.807) is 0 Å². The van der Waals surface area contributed by atoms with Crippen molar-refractivity contribution in [2.45, 2.75) is 58.2 Å². The van der Waals surface area contributed by atoms with Crippen molar-refractivity contribution in [3.05, 3.63) is 0 Å². The first-order valence-electron chi connectivity index (χ1n) is 7.48. The van der Waals surface area contributed by atoms with E-state index >= 15 is 0 Å². The molecule has 17 heavy (non-hydrogen) atoms. The molecule has 0 radical (unpaired) electrons. The smallest absolute Gasteiger partial charge is 0.0586 e. The van der Waals surface area contributed by atoms with Crippen molar-refractivity contribution in [1.82, 2.24) is 0 Å². The standard InChI is InChI=1S/C15H26O2/c1-9-13-7-11-5-3-4-6-12(11)14(8-16)15(13)10(2)17-9/h9-16H,3-8H2,1-2H3/t9-,10+,11-,12?,13?,14-,15?/m0/s1. The molecular formula is C15H26O2. The highest BCUT2D eigenvalue weighted by atomic mass is 16.5. The van der Waals surface area contributed by atoms with Crippen LogP contribution in [-0.4, -0.2) is 23.9 Å². The molecule has 0 aromatic carbocycles. The molecule has 3 rings (SSSR count). The SMILES string of the molecule is C[C@@H]1O[C@H](C)C2C1C[C@@H]1CCCCC1[C@@H]2CO. The highest BCUT2D eigenvalue weighted by Gasteiger charge is 2.52. The minimum atomic E-state index is 0.357. The van der Waals surface area contributed by atoms with Gasteiger partial charge in [0.2, 0.25) is 0 Å². The van der Waals surface area contributed by atoms with Gasteiger partial charge in [0.05, 0.1) is 12.2 Å². The van der Waals surface area contributed by atoms with E-state index in [1.165, 1.54) is 32.1 Å². The van der Waals surface area contributed by atoms with Crippen molar-refractivity contribution in [3.63, 3.8) is 0 Å². The molecule has 1 heterocycles. The van der Waals surface area contributed by atoms with E-state index in [-0.39, 0.29) is 0 Å². The van der Waals surface area contributed by atoms with Crippen LogP contribution in [0.3, 0.4) is 0 Å². The van der Waals surface area contributed by atoms with Gasteiger partial charge in [0.25, 0.3) is 0 Å². The Balaban J connectivity index is 1.85. The van der Waals surface area contributed by atoms with E-state index in [2.05, 4.69) is 13.8 Å². The van der Waals surface area contributed by atoms with Crippen molar-refractivity contribution in [1.29, 1.82) is 0 Å². The fraction of sp³-hybridized carbons (Fsp3) is 1.00. The molecule has 0 amide bonds. The normalized spacial score (nSPS) is 54.2. The van der Waals surface area contributed by atoms with Crippen molar-refractivity contribution in [2.24, 2.45) is 29.6 Å². The van der Waals surface area contributed by atoms with Gasteiger partial charge in [-0.25, -0.2) is 0 Å². The van der Waals surface area contributed by atoms with E-state index < -0.39 is 0 Å². The Morgan fingerprint density at radius 1 is 1.06 bits per heavy atom. The molecule has 2 nitrogen and oxygen atoms in total. The summed E-state index contributed by atoms with van der Waals surface area (Å²) in [5.41, 5.74) is 0. The maximum Gasteiger partial charge on any atom is 0.0586 e. The highest BCUT2D eigenvalue weighted by molar-refractivity contribution is 5.00. The lowest BCUT2D eigenvalue weighted by Gasteiger charge is -2.47. The van der Waals surface area contributed by atoms with Gasteiger partial charge < -0.3 is 9.84 Å². The number of aliphatic hydroxyl groups is 1. The first-order chi connectivity index (χ1) is 8.22. The summed E-state index contributed by atoms with van der Waals surface area (Å²) >= 11 is 0. The zero-order valence-electron chi connectivity index (χ0n) is 11.1. The van der Waals surface area contributed by atoms with Gasteiger partial charge >= 0.3 is 0 Å². The van der Waals surface area contributed by atoms with Gasteiger partial charge in [0, 0.05) is 6.61 Å². The molecule has 2 heteroatoms. The molecule has 7 atom stereocenters. The van der Waals surface area contributed by atoms with E-state index in [9.17, 15) is 5.11 Å². The number of ether oxygens (including phenoxy) is 1. The molecule has 3 fully saturated rings. The Hall–Kier alpha value is -0.0800. The Kier molecular flexibility index (Phi) is 3.20. The van der Waals surface area contributed by atoms with Crippen molar-refractivity contribution >= 4 is 0 Å². The van der Waals surface area contributed by atoms with Crippen LogP contribution in [0.5, 0.6) is 0 Å². The molecule has 1 saturated heterocycles. The quantitative estimate of drug-likeness (QED) is 0.761. The summed E-state index contributed by atoms with van der Waals surface area (Å²) in [6.45, 7) is 4.83. The number of fused-ring (bicyclic) bond motifs is 2. The lowest BCUT2D eigenvalue weighted by atomic mass is 9.57. The summed E-state index contributed by atoms with van der Waals surface area (Å²) in [4.78, 5) is 0. The maximum absolute atomic E-state index is 9.83. The van der Waals surface area contributed by atoms with Crippen molar-refractivity contribution in [3.8, 4) is 0 Å². The van der Waals surface area contributed by atoms with Crippen LogP contribution in [0.2, 0.25) is 0 Å². The van der Waals surface area contributed by atoms with E-state index in [0.717, 1.165) is 11.8 Å². The van der Waals surface area contributed by atoms with Crippen LogP contribution in [0.4, 0.5) is 0 Å². The molecule has 3 aliphatic rings. The topological polar surface area (TPSA) is 29.5 Å². The minimum absolute atomic E-state index is 0.357. The molecule has 0 aromatic heterocycles. The highest BCUT2D eigenvalue weighted by Crippen LogP contribution is 2.54. The lowest BCUT2D eigenvalue weighted by Crippen LogP contribution is -2.45. The van der Waals surface area contributed by atoms with Crippen LogP contribution >= 0.6 is 0 Å². The minimum Gasteiger partial charge on any atom is -0.396 e. The summed E-state index contributed by atoms with van der Waals surface area (Å²) < 4.78 is 6.04. The van der Waals surface area contributed by atoms with Gasteiger partial charge in [-0.1, -0.05) is 19.3 Å². The Labute approximate surface area is 105 Å². The van der Waals surface area contributed by atoms with Crippen LogP contribution in [-0.2, 0) is 4.74 Å². The average Bonchev–Trinajstić information content (AvgIpc) is 2.62. The van der Waals surface area contributed by atoms with Crippen LogP contribution in [0.25, 0.3) is 0 Å². The van der Waals surface area contributed by atoms with Gasteiger partial charge in [-0.15, -0.1) is 0 Å². The molecule has 1 aliphatic heterocycles. The Morgan fingerprint density at radius 2 is 1.82 bits per heavy atom. The molecule has 3 unspecified atom stereocenters. The predicted octanol–water partition coefficient (Wildman–Crippen LogP) is 2.84. The van der Waals surface area contributed by atoms with Crippen LogP contribution in [0.15, 0.2) is 0 Å². The van der Waals surface area contributed by atoms with Gasteiger partial charge in [-0.05, 0) is 56.3 Å². The third-order valence-electron chi connectivity index (χ3n) is 5.87. The molecule has 1 N–H and O–H groups in total. The summed E-state index contributed by atoms with van der Waals surface area (Å²) in [5, 5.41) is 9.83. The van der Waals surface area contributed by atoms with Crippen LogP contribution in [0, 0.1) is 29.6 Å². The van der Waals surface area contributed by atoms with Gasteiger partial charge in [0.15, 0.2) is 0 Å². The van der Waals surface area contributed by atoms with Gasteiger partial charge in [-0.3, -0.25) is 0 Å². The molecule has 2 saturated carbocycles. The molecule has 98 valence electrons. The molecule has 0 bridgehead atoms. The maximum atomic E-state index is 9.83. The summed E-state index contributed by atoms with van der Waals surface area (Å²) in [6, 6.07) is 0. The first kappa shape index (κ1) is 12.0. The zero-order chi connectivity index (χ0) is 12.0. The molecular weight excluding hydrogens is 212 g/mol. The lowest BCUT2D eigenvalue weighted by molar-refractivity contribution is -0.0167. The van der Waals surface area contributed by atoms with Crippen LogP contribution in [0.1, 0.15) is 46.0 Å². The summed E-state index contributed by atoms with van der Waals surface area (Å²) in [5.74, 6) is 3.50. The van der Waals surface area contributed by atoms with Gasteiger partial charge in [-0.2, -0.15) is 0 Å². The fourth-order valence-corrected chi connectivity index (χ4v) is 5.19. The predicted molar refractivity (Wildman–Crippen MR) is 67.6 cm³/mol. The zero-order valence-corrected chi connectivity index (χ0v) is 11.1.